The first-order chi connectivity index (χ1) is 12.3. The number of nitrogens with one attached hydrogen (secondary N) is 2. The first-order valence-electron chi connectivity index (χ1n) is 8.17. The molecule has 6 heteroatoms. The van der Waals surface area contributed by atoms with Crippen molar-refractivity contribution in [1.29, 1.82) is 0 Å². The minimum absolute atomic E-state index is 0.0272. The lowest BCUT2D eigenvalue weighted by molar-refractivity contribution is 0.0946. The van der Waals surface area contributed by atoms with Crippen LogP contribution in [0.15, 0.2) is 65.0 Å². The maximum atomic E-state index is 11.9. The molecule has 3 heterocycles. The number of nitrogens with zero attached hydrogens (tertiary/aromatic N) is 3. The fourth-order valence-corrected chi connectivity index (χ4v) is 2.86. The van der Waals surface area contributed by atoms with Crippen molar-refractivity contribution in [2.75, 3.05) is 6.54 Å². The van der Waals surface area contributed by atoms with E-state index in [0.29, 0.717) is 24.5 Å². The minimum atomic E-state index is -0.0272. The van der Waals surface area contributed by atoms with Crippen LogP contribution in [0.25, 0.3) is 11.3 Å². The number of aromatic nitrogens is 2. The Bertz CT molecular complexity index is 930. The molecule has 124 valence electrons. The molecule has 1 aliphatic rings. The van der Waals surface area contributed by atoms with Gasteiger partial charge in [0.05, 0.1) is 12.1 Å². The van der Waals surface area contributed by atoms with Crippen molar-refractivity contribution >= 4 is 11.7 Å². The maximum Gasteiger partial charge on any atom is 0.253 e. The van der Waals surface area contributed by atoms with Crippen molar-refractivity contribution < 1.29 is 4.79 Å². The molecule has 6 nitrogen and oxygen atoms in total. The standard InChI is InChI=1S/C19H17N5O/c25-19-15-11-17(23-16(15)7-9-21-19)14-6-8-20-18(10-14)24-22-12-13-4-2-1-3-5-13/h1-6,8,10-11,23H,7,9,12H2,(H,21,25). The van der Waals surface area contributed by atoms with Crippen LogP contribution in [0.5, 0.6) is 0 Å². The van der Waals surface area contributed by atoms with E-state index in [9.17, 15) is 4.79 Å². The third kappa shape index (κ3) is 3.33. The molecule has 0 atom stereocenters. The Hall–Kier alpha value is -3.28. The summed E-state index contributed by atoms with van der Waals surface area (Å²) in [6.07, 6.45) is 2.52. The Morgan fingerprint density at radius 1 is 1.12 bits per heavy atom. The van der Waals surface area contributed by atoms with Gasteiger partial charge in [0.25, 0.3) is 5.91 Å². The molecule has 1 aromatic carbocycles. The van der Waals surface area contributed by atoms with Gasteiger partial charge in [0.15, 0.2) is 5.82 Å². The maximum absolute atomic E-state index is 11.9. The van der Waals surface area contributed by atoms with Gasteiger partial charge in [0, 0.05) is 36.1 Å². The minimum Gasteiger partial charge on any atom is -0.358 e. The third-order valence-corrected chi connectivity index (χ3v) is 4.13. The fraction of sp³-hybridized carbons (Fsp3) is 0.158. The lowest BCUT2D eigenvalue weighted by Crippen LogP contribution is -2.31. The number of hydrogen-bond donors (Lipinski definition) is 2. The molecule has 1 amide bonds. The molecule has 0 spiro atoms. The lowest BCUT2D eigenvalue weighted by Gasteiger charge is -2.10. The van der Waals surface area contributed by atoms with Gasteiger partial charge in [-0.3, -0.25) is 4.79 Å². The molecular formula is C19H17N5O. The van der Waals surface area contributed by atoms with Crippen LogP contribution >= 0.6 is 0 Å². The third-order valence-electron chi connectivity index (χ3n) is 4.13. The molecule has 2 aromatic heterocycles. The van der Waals surface area contributed by atoms with Crippen LogP contribution in [0.2, 0.25) is 0 Å². The van der Waals surface area contributed by atoms with Crippen LogP contribution in [0.3, 0.4) is 0 Å². The van der Waals surface area contributed by atoms with Crippen molar-refractivity contribution in [3.8, 4) is 11.3 Å². The number of amides is 1. The van der Waals surface area contributed by atoms with Gasteiger partial charge < -0.3 is 10.3 Å². The number of benzene rings is 1. The number of fused-ring (bicyclic) bond motifs is 1. The molecule has 0 saturated heterocycles. The molecule has 0 unspecified atom stereocenters. The predicted molar refractivity (Wildman–Crippen MR) is 94.7 cm³/mol. The van der Waals surface area contributed by atoms with Crippen molar-refractivity contribution in [3.05, 3.63) is 71.5 Å². The predicted octanol–water partition coefficient (Wildman–Crippen LogP) is 3.65. The fourth-order valence-electron chi connectivity index (χ4n) is 2.86. The Kier molecular flexibility index (Phi) is 4.08. The van der Waals surface area contributed by atoms with Gasteiger partial charge in [-0.2, -0.15) is 5.11 Å². The Labute approximate surface area is 145 Å². The van der Waals surface area contributed by atoms with Crippen molar-refractivity contribution in [1.82, 2.24) is 15.3 Å². The van der Waals surface area contributed by atoms with Crippen LogP contribution in [-0.2, 0) is 13.0 Å². The lowest BCUT2D eigenvalue weighted by atomic mass is 10.1. The summed E-state index contributed by atoms with van der Waals surface area (Å²) in [6, 6.07) is 15.6. The summed E-state index contributed by atoms with van der Waals surface area (Å²) < 4.78 is 0. The zero-order valence-electron chi connectivity index (χ0n) is 13.6. The van der Waals surface area contributed by atoms with Gasteiger partial charge in [0.1, 0.15) is 0 Å². The highest BCUT2D eigenvalue weighted by molar-refractivity contribution is 5.97. The van der Waals surface area contributed by atoms with E-state index in [4.69, 9.17) is 0 Å². The smallest absolute Gasteiger partial charge is 0.253 e. The summed E-state index contributed by atoms with van der Waals surface area (Å²) >= 11 is 0. The summed E-state index contributed by atoms with van der Waals surface area (Å²) in [5.41, 5.74) is 4.62. The first kappa shape index (κ1) is 15.3. The highest BCUT2D eigenvalue weighted by atomic mass is 16.1. The van der Waals surface area contributed by atoms with Crippen molar-refractivity contribution in [2.24, 2.45) is 10.2 Å². The van der Waals surface area contributed by atoms with Gasteiger partial charge in [-0.1, -0.05) is 30.3 Å². The van der Waals surface area contributed by atoms with E-state index < -0.39 is 0 Å². The SMILES string of the molecule is O=C1NCCc2[nH]c(-c3ccnc(N=NCc4ccccc4)c3)cc21. The molecule has 3 aromatic rings. The van der Waals surface area contributed by atoms with Gasteiger partial charge in [-0.05, 0) is 23.8 Å². The molecule has 0 radical (unpaired) electrons. The van der Waals surface area contributed by atoms with Gasteiger partial charge in [0.2, 0.25) is 0 Å². The Balaban J connectivity index is 1.54. The number of pyridine rings is 1. The van der Waals surface area contributed by atoms with Gasteiger partial charge in [-0.15, -0.1) is 5.11 Å². The van der Waals surface area contributed by atoms with E-state index in [2.05, 4.69) is 25.5 Å². The molecular weight excluding hydrogens is 314 g/mol. The summed E-state index contributed by atoms with van der Waals surface area (Å²) in [5, 5.41) is 11.3. The second-order valence-electron chi connectivity index (χ2n) is 5.87. The van der Waals surface area contributed by atoms with E-state index in [1.807, 2.05) is 48.5 Å². The summed E-state index contributed by atoms with van der Waals surface area (Å²) in [5.74, 6) is 0.519. The molecule has 1 aliphatic heterocycles. The van der Waals surface area contributed by atoms with E-state index in [1.165, 1.54) is 0 Å². The van der Waals surface area contributed by atoms with Crippen LogP contribution < -0.4 is 5.32 Å². The summed E-state index contributed by atoms with van der Waals surface area (Å²) in [7, 11) is 0. The quantitative estimate of drug-likeness (QED) is 0.715. The zero-order chi connectivity index (χ0) is 17.1. The van der Waals surface area contributed by atoms with Crippen LogP contribution in [0.4, 0.5) is 5.82 Å². The van der Waals surface area contributed by atoms with E-state index in [1.54, 1.807) is 6.20 Å². The second-order valence-corrected chi connectivity index (χ2v) is 5.87. The first-order valence-corrected chi connectivity index (χ1v) is 8.17. The van der Waals surface area contributed by atoms with E-state index in [0.717, 1.165) is 28.9 Å². The van der Waals surface area contributed by atoms with Crippen LogP contribution in [0.1, 0.15) is 21.6 Å². The van der Waals surface area contributed by atoms with Crippen molar-refractivity contribution in [3.63, 3.8) is 0 Å². The highest BCUT2D eigenvalue weighted by Crippen LogP contribution is 2.26. The largest absolute Gasteiger partial charge is 0.358 e. The molecule has 4 rings (SSSR count). The van der Waals surface area contributed by atoms with Gasteiger partial charge >= 0.3 is 0 Å². The van der Waals surface area contributed by atoms with Crippen LogP contribution in [-0.4, -0.2) is 22.4 Å². The van der Waals surface area contributed by atoms with Gasteiger partial charge in [-0.25, -0.2) is 4.98 Å². The molecule has 0 saturated carbocycles. The second kappa shape index (κ2) is 6.68. The Morgan fingerprint density at radius 3 is 2.84 bits per heavy atom. The van der Waals surface area contributed by atoms with Crippen LogP contribution in [0, 0.1) is 0 Å². The zero-order valence-corrected chi connectivity index (χ0v) is 13.6. The normalized spacial score (nSPS) is 13.7. The molecule has 0 bridgehead atoms. The molecule has 0 aliphatic carbocycles. The van der Waals surface area contributed by atoms with E-state index >= 15 is 0 Å². The monoisotopic (exact) mass is 331 g/mol. The number of aromatic amines is 1. The van der Waals surface area contributed by atoms with Crippen molar-refractivity contribution in [2.45, 2.75) is 13.0 Å². The average Bonchev–Trinajstić information content (AvgIpc) is 3.09. The summed E-state index contributed by atoms with van der Waals surface area (Å²) in [6.45, 7) is 1.19. The summed E-state index contributed by atoms with van der Waals surface area (Å²) in [4.78, 5) is 19.5. The number of rotatable bonds is 4. The Morgan fingerprint density at radius 2 is 2.00 bits per heavy atom. The highest BCUT2D eigenvalue weighted by Gasteiger charge is 2.19. The number of carbonyl (C=O) groups is 1. The average molecular weight is 331 g/mol. The molecule has 0 fully saturated rings. The number of azo groups is 1. The topological polar surface area (TPSA) is 82.5 Å². The number of carbonyl (C=O) groups excluding carboxylic acids is 1. The number of H-pyrrole nitrogens is 1. The number of hydrogen-bond acceptors (Lipinski definition) is 4. The molecule has 25 heavy (non-hydrogen) atoms. The van der Waals surface area contributed by atoms with E-state index in [-0.39, 0.29) is 5.91 Å². The molecule has 2 N–H and O–H groups in total.